The molecule has 1 aromatic carbocycles. The number of anilines is 1. The SMILES string of the molecule is Cc1cc[n+](CCC(=O)Nc2cccc(Cl)c2Cl)cc1. The second-order valence-corrected chi connectivity index (χ2v) is 5.30. The van der Waals surface area contributed by atoms with Crippen molar-refractivity contribution >= 4 is 34.8 Å². The lowest BCUT2D eigenvalue weighted by molar-refractivity contribution is -0.695. The Bertz CT molecular complexity index is 612. The summed E-state index contributed by atoms with van der Waals surface area (Å²) < 4.78 is 1.96. The molecular formula is C15H15Cl2N2O+. The lowest BCUT2D eigenvalue weighted by Gasteiger charge is -2.07. The number of benzene rings is 1. The highest BCUT2D eigenvalue weighted by molar-refractivity contribution is 6.43. The van der Waals surface area contributed by atoms with Crippen molar-refractivity contribution in [1.29, 1.82) is 0 Å². The molecule has 1 heterocycles. The first-order valence-corrected chi connectivity index (χ1v) is 7.01. The van der Waals surface area contributed by atoms with Crippen LogP contribution in [0.5, 0.6) is 0 Å². The fourth-order valence-corrected chi connectivity index (χ4v) is 2.07. The van der Waals surface area contributed by atoms with Crippen molar-refractivity contribution in [2.75, 3.05) is 5.32 Å². The molecule has 0 atom stereocenters. The summed E-state index contributed by atoms with van der Waals surface area (Å²) >= 11 is 11.9. The quantitative estimate of drug-likeness (QED) is 0.860. The summed E-state index contributed by atoms with van der Waals surface area (Å²) in [7, 11) is 0. The van der Waals surface area contributed by atoms with E-state index in [1.807, 2.05) is 36.0 Å². The molecule has 0 unspecified atom stereocenters. The van der Waals surface area contributed by atoms with Gasteiger partial charge in [0.25, 0.3) is 0 Å². The Balaban J connectivity index is 1.92. The highest BCUT2D eigenvalue weighted by Gasteiger charge is 2.10. The minimum Gasteiger partial charge on any atom is -0.325 e. The predicted molar refractivity (Wildman–Crippen MR) is 81.1 cm³/mol. The number of carbonyl (C=O) groups excluding carboxylic acids is 1. The first-order valence-electron chi connectivity index (χ1n) is 6.26. The summed E-state index contributed by atoms with van der Waals surface area (Å²) in [5.74, 6) is -0.0951. The highest BCUT2D eigenvalue weighted by atomic mass is 35.5. The van der Waals surface area contributed by atoms with Gasteiger partial charge in [-0.25, -0.2) is 4.57 Å². The number of nitrogens with zero attached hydrogens (tertiary/aromatic N) is 1. The first-order chi connectivity index (χ1) is 9.56. The van der Waals surface area contributed by atoms with Gasteiger partial charge in [-0.05, 0) is 24.6 Å². The minimum absolute atomic E-state index is 0.0951. The Kier molecular flexibility index (Phi) is 4.99. The highest BCUT2D eigenvalue weighted by Crippen LogP contribution is 2.29. The van der Waals surface area contributed by atoms with E-state index >= 15 is 0 Å². The Morgan fingerprint density at radius 1 is 1.20 bits per heavy atom. The topological polar surface area (TPSA) is 33.0 Å². The van der Waals surface area contributed by atoms with Crippen LogP contribution in [0, 0.1) is 6.92 Å². The third kappa shape index (κ3) is 3.95. The second kappa shape index (κ2) is 6.73. The van der Waals surface area contributed by atoms with Crippen molar-refractivity contribution in [1.82, 2.24) is 0 Å². The van der Waals surface area contributed by atoms with Gasteiger partial charge in [0.15, 0.2) is 18.9 Å². The molecule has 5 heteroatoms. The van der Waals surface area contributed by atoms with Gasteiger partial charge in [-0.15, -0.1) is 0 Å². The lowest BCUT2D eigenvalue weighted by Crippen LogP contribution is -2.34. The van der Waals surface area contributed by atoms with Gasteiger partial charge < -0.3 is 5.32 Å². The summed E-state index contributed by atoms with van der Waals surface area (Å²) in [6.07, 6.45) is 4.28. The largest absolute Gasteiger partial charge is 0.325 e. The van der Waals surface area contributed by atoms with Crippen LogP contribution < -0.4 is 9.88 Å². The van der Waals surface area contributed by atoms with Crippen molar-refractivity contribution in [2.45, 2.75) is 19.9 Å². The normalized spacial score (nSPS) is 10.3. The molecule has 0 fully saturated rings. The van der Waals surface area contributed by atoms with Crippen molar-refractivity contribution in [2.24, 2.45) is 0 Å². The number of pyridine rings is 1. The molecule has 0 saturated heterocycles. The molecule has 0 radical (unpaired) electrons. The number of aromatic nitrogens is 1. The standard InChI is InChI=1S/C15H14Cl2N2O/c1-11-5-8-19(9-6-11)10-7-14(20)18-13-4-2-3-12(16)15(13)17/h2-6,8-9H,7,10H2,1H3/p+1. The summed E-state index contributed by atoms with van der Waals surface area (Å²) in [5.41, 5.74) is 1.73. The number of hydrogen-bond donors (Lipinski definition) is 1. The third-order valence-electron chi connectivity index (χ3n) is 2.88. The van der Waals surface area contributed by atoms with Gasteiger partial charge in [-0.3, -0.25) is 4.79 Å². The molecule has 104 valence electrons. The molecule has 0 aliphatic rings. The van der Waals surface area contributed by atoms with Gasteiger partial charge in [-0.2, -0.15) is 0 Å². The Hall–Kier alpha value is -1.58. The first kappa shape index (κ1) is 14.8. The number of hydrogen-bond acceptors (Lipinski definition) is 1. The van der Waals surface area contributed by atoms with Crippen molar-refractivity contribution in [3.63, 3.8) is 0 Å². The maximum Gasteiger partial charge on any atom is 0.230 e. The number of carbonyl (C=O) groups is 1. The van der Waals surface area contributed by atoms with E-state index in [0.29, 0.717) is 28.7 Å². The molecule has 2 aromatic rings. The second-order valence-electron chi connectivity index (χ2n) is 4.51. The number of amides is 1. The van der Waals surface area contributed by atoms with Crippen LogP contribution in [0.15, 0.2) is 42.7 Å². The van der Waals surface area contributed by atoms with E-state index in [0.717, 1.165) is 0 Å². The van der Waals surface area contributed by atoms with Crippen LogP contribution in [-0.4, -0.2) is 5.91 Å². The smallest absolute Gasteiger partial charge is 0.230 e. The molecule has 0 spiro atoms. The van der Waals surface area contributed by atoms with Gasteiger partial charge in [0.2, 0.25) is 5.91 Å². The van der Waals surface area contributed by atoms with E-state index in [1.54, 1.807) is 18.2 Å². The summed E-state index contributed by atoms with van der Waals surface area (Å²) in [6.45, 7) is 2.64. The van der Waals surface area contributed by atoms with Crippen molar-refractivity contribution in [3.8, 4) is 0 Å². The predicted octanol–water partition coefficient (Wildman–Crippen LogP) is 3.62. The van der Waals surface area contributed by atoms with Crippen LogP contribution in [0.3, 0.4) is 0 Å². The maximum absolute atomic E-state index is 11.9. The molecule has 0 aliphatic heterocycles. The number of rotatable bonds is 4. The van der Waals surface area contributed by atoms with Crippen LogP contribution in [0.1, 0.15) is 12.0 Å². The zero-order chi connectivity index (χ0) is 14.5. The van der Waals surface area contributed by atoms with E-state index < -0.39 is 0 Å². The van der Waals surface area contributed by atoms with E-state index in [1.165, 1.54) is 5.56 Å². The van der Waals surface area contributed by atoms with E-state index in [9.17, 15) is 4.79 Å². The molecule has 1 amide bonds. The fourth-order valence-electron chi connectivity index (χ4n) is 1.72. The average molecular weight is 310 g/mol. The van der Waals surface area contributed by atoms with E-state index in [2.05, 4.69) is 5.32 Å². The van der Waals surface area contributed by atoms with Crippen LogP contribution >= 0.6 is 23.2 Å². The molecule has 2 rings (SSSR count). The van der Waals surface area contributed by atoms with E-state index in [4.69, 9.17) is 23.2 Å². The molecule has 0 saturated carbocycles. The monoisotopic (exact) mass is 309 g/mol. The third-order valence-corrected chi connectivity index (χ3v) is 3.70. The molecular weight excluding hydrogens is 295 g/mol. The molecule has 1 N–H and O–H groups in total. The lowest BCUT2D eigenvalue weighted by atomic mass is 10.3. The number of nitrogens with one attached hydrogen (secondary N) is 1. The summed E-state index contributed by atoms with van der Waals surface area (Å²) in [4.78, 5) is 11.9. The maximum atomic E-state index is 11.9. The van der Waals surface area contributed by atoms with Gasteiger partial charge in [0.05, 0.1) is 22.2 Å². The van der Waals surface area contributed by atoms with Crippen LogP contribution in [0.25, 0.3) is 0 Å². The molecule has 0 aliphatic carbocycles. The summed E-state index contributed by atoms with van der Waals surface area (Å²) in [5, 5.41) is 3.56. The van der Waals surface area contributed by atoms with Gasteiger partial charge in [0.1, 0.15) is 0 Å². The zero-order valence-corrected chi connectivity index (χ0v) is 12.6. The van der Waals surface area contributed by atoms with Gasteiger partial charge >= 0.3 is 0 Å². The van der Waals surface area contributed by atoms with Crippen LogP contribution in [-0.2, 0) is 11.3 Å². The van der Waals surface area contributed by atoms with E-state index in [-0.39, 0.29) is 5.91 Å². The Morgan fingerprint density at radius 2 is 1.90 bits per heavy atom. The molecule has 20 heavy (non-hydrogen) atoms. The number of halogens is 2. The molecule has 0 bridgehead atoms. The molecule has 3 nitrogen and oxygen atoms in total. The van der Waals surface area contributed by atoms with Crippen molar-refractivity contribution < 1.29 is 9.36 Å². The zero-order valence-electron chi connectivity index (χ0n) is 11.1. The minimum atomic E-state index is -0.0951. The Labute approximate surface area is 128 Å². The van der Waals surface area contributed by atoms with Gasteiger partial charge in [0, 0.05) is 12.1 Å². The number of aryl methyl sites for hydroxylation is 2. The van der Waals surface area contributed by atoms with Crippen LogP contribution in [0.2, 0.25) is 10.0 Å². The molecule has 1 aromatic heterocycles. The van der Waals surface area contributed by atoms with Crippen LogP contribution in [0.4, 0.5) is 5.69 Å². The Morgan fingerprint density at radius 3 is 2.60 bits per heavy atom. The summed E-state index contributed by atoms with van der Waals surface area (Å²) in [6, 6.07) is 9.17. The fraction of sp³-hybridized carbons (Fsp3) is 0.200. The average Bonchev–Trinajstić information content (AvgIpc) is 2.43. The van der Waals surface area contributed by atoms with Crippen molar-refractivity contribution in [3.05, 3.63) is 58.3 Å². The van der Waals surface area contributed by atoms with Gasteiger partial charge in [-0.1, -0.05) is 29.3 Å².